The predicted molar refractivity (Wildman–Crippen MR) is 65.3 cm³/mol. The van der Waals surface area contributed by atoms with E-state index >= 15 is 0 Å². The van der Waals surface area contributed by atoms with Gasteiger partial charge in [0.25, 0.3) is 0 Å². The van der Waals surface area contributed by atoms with Crippen LogP contribution in [0.15, 0.2) is 0 Å². The third kappa shape index (κ3) is 2.51. The highest BCUT2D eigenvalue weighted by Crippen LogP contribution is 2.26. The van der Waals surface area contributed by atoms with Gasteiger partial charge in [-0.1, -0.05) is 6.92 Å². The van der Waals surface area contributed by atoms with Crippen LogP contribution in [0.1, 0.15) is 46.5 Å². The van der Waals surface area contributed by atoms with E-state index in [1.807, 2.05) is 13.8 Å². The van der Waals surface area contributed by atoms with Gasteiger partial charge in [0.2, 0.25) is 11.8 Å². The zero-order valence-electron chi connectivity index (χ0n) is 10.9. The van der Waals surface area contributed by atoms with E-state index in [1.165, 1.54) is 11.3 Å². The van der Waals surface area contributed by atoms with Crippen molar-refractivity contribution in [2.75, 3.05) is 0 Å². The molecule has 1 saturated heterocycles. The number of amides is 2. The first-order valence-corrected chi connectivity index (χ1v) is 6.61. The molecule has 17 heavy (non-hydrogen) atoms. The molecule has 1 N–H and O–H groups in total. The molecule has 1 aliphatic carbocycles. The van der Waals surface area contributed by atoms with E-state index in [1.54, 1.807) is 0 Å². The second kappa shape index (κ2) is 4.77. The zero-order chi connectivity index (χ0) is 12.6. The van der Waals surface area contributed by atoms with Crippen molar-refractivity contribution in [2.24, 2.45) is 5.92 Å². The lowest BCUT2D eigenvalue weighted by Gasteiger charge is -2.21. The lowest BCUT2D eigenvalue weighted by Crippen LogP contribution is -2.44. The van der Waals surface area contributed by atoms with Gasteiger partial charge in [-0.05, 0) is 39.0 Å². The zero-order valence-corrected chi connectivity index (χ0v) is 10.9. The molecule has 0 aromatic rings. The maximum atomic E-state index is 12.1. The number of hydrogen-bond acceptors (Lipinski definition) is 3. The van der Waals surface area contributed by atoms with E-state index in [0.29, 0.717) is 12.5 Å². The van der Waals surface area contributed by atoms with Gasteiger partial charge in [-0.25, -0.2) is 0 Å². The van der Waals surface area contributed by atoms with Crippen molar-refractivity contribution in [3.63, 3.8) is 0 Å². The van der Waals surface area contributed by atoms with Crippen molar-refractivity contribution in [3.05, 3.63) is 0 Å². The first-order chi connectivity index (χ1) is 7.99. The minimum Gasteiger partial charge on any atom is -0.303 e. The molecule has 3 atom stereocenters. The van der Waals surface area contributed by atoms with Gasteiger partial charge in [0.1, 0.15) is 0 Å². The summed E-state index contributed by atoms with van der Waals surface area (Å²) in [6.45, 7) is 6.01. The van der Waals surface area contributed by atoms with Crippen LogP contribution in [0.3, 0.4) is 0 Å². The predicted octanol–water partition coefficient (Wildman–Crippen LogP) is 1.30. The van der Waals surface area contributed by atoms with E-state index in [4.69, 9.17) is 0 Å². The normalized spacial score (nSPS) is 34.1. The molecule has 1 saturated carbocycles. The van der Waals surface area contributed by atoms with Crippen LogP contribution in [-0.4, -0.2) is 34.8 Å². The second-order valence-corrected chi connectivity index (χ2v) is 5.73. The fourth-order valence-electron chi connectivity index (χ4n) is 2.97. The molecule has 0 bridgehead atoms. The Morgan fingerprint density at radius 2 is 2.00 bits per heavy atom. The van der Waals surface area contributed by atoms with Gasteiger partial charge in [-0.15, -0.1) is 0 Å². The van der Waals surface area contributed by atoms with E-state index in [2.05, 4.69) is 12.2 Å². The van der Waals surface area contributed by atoms with Crippen molar-refractivity contribution >= 4 is 11.8 Å². The lowest BCUT2D eigenvalue weighted by atomic mass is 10.1. The molecule has 0 aromatic carbocycles. The Morgan fingerprint density at radius 3 is 2.47 bits per heavy atom. The van der Waals surface area contributed by atoms with E-state index < -0.39 is 0 Å². The fraction of sp³-hybridized carbons (Fsp3) is 0.846. The Labute approximate surface area is 103 Å². The lowest BCUT2D eigenvalue weighted by molar-refractivity contribution is -0.140. The molecule has 4 nitrogen and oxygen atoms in total. The summed E-state index contributed by atoms with van der Waals surface area (Å²) < 4.78 is 0. The Hall–Kier alpha value is -0.900. The molecule has 96 valence electrons. The Morgan fingerprint density at radius 1 is 1.29 bits per heavy atom. The summed E-state index contributed by atoms with van der Waals surface area (Å²) >= 11 is 0. The van der Waals surface area contributed by atoms with Crippen molar-refractivity contribution in [2.45, 2.75) is 64.6 Å². The van der Waals surface area contributed by atoms with E-state index in [0.717, 1.165) is 18.8 Å². The standard InChI is InChI=1S/C13H22N2O2/c1-8(2)15-12(16)7-11(13(15)17)14-10-5-4-9(3)6-10/h8-11,14H,4-7H2,1-3H3. The summed E-state index contributed by atoms with van der Waals surface area (Å²) in [7, 11) is 0. The molecule has 2 rings (SSSR count). The highest BCUT2D eigenvalue weighted by atomic mass is 16.2. The van der Waals surface area contributed by atoms with Crippen molar-refractivity contribution in [3.8, 4) is 0 Å². The maximum Gasteiger partial charge on any atom is 0.247 e. The summed E-state index contributed by atoms with van der Waals surface area (Å²) in [5.74, 6) is 0.666. The number of carbonyl (C=O) groups is 2. The van der Waals surface area contributed by atoms with Crippen LogP contribution in [0.25, 0.3) is 0 Å². The molecule has 2 fully saturated rings. The number of nitrogens with one attached hydrogen (secondary N) is 1. The summed E-state index contributed by atoms with van der Waals surface area (Å²) in [6, 6.07) is 0.114. The summed E-state index contributed by atoms with van der Waals surface area (Å²) in [4.78, 5) is 25.2. The molecule has 1 heterocycles. The van der Waals surface area contributed by atoms with Crippen LogP contribution in [0.5, 0.6) is 0 Å². The molecule has 0 spiro atoms. The SMILES string of the molecule is CC1CCC(NC2CC(=O)N(C(C)C)C2=O)C1. The Kier molecular flexibility index (Phi) is 3.52. The van der Waals surface area contributed by atoms with Gasteiger partial charge >= 0.3 is 0 Å². The van der Waals surface area contributed by atoms with Gasteiger partial charge in [0, 0.05) is 12.1 Å². The summed E-state index contributed by atoms with van der Waals surface area (Å²) in [5.41, 5.74) is 0. The third-order valence-corrected chi connectivity index (χ3v) is 3.83. The molecular formula is C13H22N2O2. The van der Waals surface area contributed by atoms with Gasteiger partial charge in [0.15, 0.2) is 0 Å². The topological polar surface area (TPSA) is 49.4 Å². The van der Waals surface area contributed by atoms with Crippen LogP contribution < -0.4 is 5.32 Å². The van der Waals surface area contributed by atoms with Gasteiger partial charge in [-0.2, -0.15) is 0 Å². The molecule has 4 heteroatoms. The van der Waals surface area contributed by atoms with Crippen LogP contribution in [0.2, 0.25) is 0 Å². The molecule has 0 radical (unpaired) electrons. The minimum absolute atomic E-state index is 0.0238. The number of carbonyl (C=O) groups excluding carboxylic acids is 2. The Bertz CT molecular complexity index is 327. The van der Waals surface area contributed by atoms with E-state index in [-0.39, 0.29) is 23.9 Å². The minimum atomic E-state index is -0.278. The van der Waals surface area contributed by atoms with Crippen molar-refractivity contribution in [1.29, 1.82) is 0 Å². The molecule has 2 amide bonds. The summed E-state index contributed by atoms with van der Waals surface area (Å²) in [6.07, 6.45) is 3.81. The second-order valence-electron chi connectivity index (χ2n) is 5.73. The van der Waals surface area contributed by atoms with Crippen molar-refractivity contribution < 1.29 is 9.59 Å². The summed E-state index contributed by atoms with van der Waals surface area (Å²) in [5, 5.41) is 3.36. The molecule has 0 aromatic heterocycles. The van der Waals surface area contributed by atoms with Crippen LogP contribution in [-0.2, 0) is 9.59 Å². The largest absolute Gasteiger partial charge is 0.303 e. The average Bonchev–Trinajstić information content (AvgIpc) is 2.73. The number of imide groups is 1. The number of nitrogens with zero attached hydrogens (tertiary/aromatic N) is 1. The van der Waals surface area contributed by atoms with E-state index in [9.17, 15) is 9.59 Å². The average molecular weight is 238 g/mol. The van der Waals surface area contributed by atoms with Gasteiger partial charge in [0.05, 0.1) is 12.5 Å². The first kappa shape index (κ1) is 12.6. The number of rotatable bonds is 3. The fourth-order valence-corrected chi connectivity index (χ4v) is 2.97. The van der Waals surface area contributed by atoms with Gasteiger partial charge < -0.3 is 5.32 Å². The Balaban J connectivity index is 1.95. The molecule has 2 aliphatic rings. The molecular weight excluding hydrogens is 216 g/mol. The quantitative estimate of drug-likeness (QED) is 0.754. The van der Waals surface area contributed by atoms with Crippen LogP contribution in [0.4, 0.5) is 0 Å². The van der Waals surface area contributed by atoms with Crippen molar-refractivity contribution in [1.82, 2.24) is 10.2 Å². The van der Waals surface area contributed by atoms with Gasteiger partial charge in [-0.3, -0.25) is 14.5 Å². The monoisotopic (exact) mass is 238 g/mol. The molecule has 1 aliphatic heterocycles. The van der Waals surface area contributed by atoms with Crippen LogP contribution in [0, 0.1) is 5.92 Å². The first-order valence-electron chi connectivity index (χ1n) is 6.61. The number of hydrogen-bond donors (Lipinski definition) is 1. The highest BCUT2D eigenvalue weighted by molar-refractivity contribution is 6.05. The third-order valence-electron chi connectivity index (χ3n) is 3.83. The van der Waals surface area contributed by atoms with Crippen LogP contribution >= 0.6 is 0 Å². The maximum absolute atomic E-state index is 12.1. The highest BCUT2D eigenvalue weighted by Gasteiger charge is 2.41. The number of likely N-dealkylation sites (tertiary alicyclic amines) is 1. The molecule has 3 unspecified atom stereocenters. The smallest absolute Gasteiger partial charge is 0.247 e.